The van der Waals surface area contributed by atoms with E-state index < -0.39 is 50.3 Å². The fourth-order valence-electron chi connectivity index (χ4n) is 0.535. The second-order valence-corrected chi connectivity index (χ2v) is 8.82. The van der Waals surface area contributed by atoms with Crippen LogP contribution < -0.4 is 0 Å². The first-order valence-corrected chi connectivity index (χ1v) is 9.32. The summed E-state index contributed by atoms with van der Waals surface area (Å²) in [6.07, 6.45) is 0. The fourth-order valence-corrected chi connectivity index (χ4v) is 3.00. The van der Waals surface area contributed by atoms with Gasteiger partial charge >= 0.3 is 104 Å². The van der Waals surface area contributed by atoms with Crippen molar-refractivity contribution in [3.8, 4) is 0 Å². The standard InChI is InChI=1S/C6H8F6OTe2/c7-5(8,9)14-3-1-13-2-4-15-6(10,11)12/h1-4H2. The monoisotopic (exact) mass is 470 g/mol. The fraction of sp³-hybridized carbons (Fsp3) is 1.00. The Morgan fingerprint density at radius 2 is 1.07 bits per heavy atom. The van der Waals surface area contributed by atoms with E-state index in [0.717, 1.165) is 0 Å². The van der Waals surface area contributed by atoms with Crippen LogP contribution >= 0.6 is 0 Å². The first kappa shape index (κ1) is 16.1. The van der Waals surface area contributed by atoms with Gasteiger partial charge in [-0.25, -0.2) is 0 Å². The van der Waals surface area contributed by atoms with E-state index in [1.54, 1.807) is 0 Å². The zero-order chi connectivity index (χ0) is 11.9. The molecule has 0 N–H and O–H groups in total. The molecule has 0 fully saturated rings. The molecular formula is C6H8F6OTe2. The molecule has 0 aromatic heterocycles. The van der Waals surface area contributed by atoms with E-state index in [1.807, 2.05) is 0 Å². The Bertz CT molecular complexity index is 150. The Hall–Kier alpha value is 1.12. The molecule has 0 aromatic rings. The molecule has 1 nitrogen and oxygen atoms in total. The predicted octanol–water partition coefficient (Wildman–Crippen LogP) is 2.29. The third-order valence-corrected chi connectivity index (χ3v) is 4.97. The van der Waals surface area contributed by atoms with Crippen molar-refractivity contribution in [2.75, 3.05) is 13.2 Å². The molecule has 92 valence electrons. The van der Waals surface area contributed by atoms with Gasteiger partial charge in [-0.15, -0.1) is 0 Å². The van der Waals surface area contributed by atoms with Gasteiger partial charge in [0.1, 0.15) is 0 Å². The average Bonchev–Trinajstić information content (AvgIpc) is 1.98. The summed E-state index contributed by atoms with van der Waals surface area (Å²) in [5, 5.41) is 0. The molecule has 0 spiro atoms. The predicted molar refractivity (Wildman–Crippen MR) is 44.1 cm³/mol. The van der Waals surface area contributed by atoms with Crippen molar-refractivity contribution in [3.63, 3.8) is 0 Å². The van der Waals surface area contributed by atoms with Crippen molar-refractivity contribution in [1.82, 2.24) is 0 Å². The average molecular weight is 465 g/mol. The van der Waals surface area contributed by atoms with Crippen LogP contribution in [-0.4, -0.2) is 63.5 Å². The third kappa shape index (κ3) is 15.1. The van der Waals surface area contributed by atoms with E-state index >= 15 is 0 Å². The van der Waals surface area contributed by atoms with Gasteiger partial charge in [-0.1, -0.05) is 0 Å². The quantitative estimate of drug-likeness (QED) is 0.333. The van der Waals surface area contributed by atoms with Crippen molar-refractivity contribution < 1.29 is 31.1 Å². The van der Waals surface area contributed by atoms with Crippen molar-refractivity contribution in [2.45, 2.75) is 17.4 Å². The molecule has 0 saturated heterocycles. The van der Waals surface area contributed by atoms with Gasteiger partial charge < -0.3 is 0 Å². The Morgan fingerprint density at radius 3 is 1.33 bits per heavy atom. The van der Waals surface area contributed by atoms with Crippen molar-refractivity contribution >= 4 is 41.8 Å². The van der Waals surface area contributed by atoms with E-state index in [-0.39, 0.29) is 22.2 Å². The molecular weight excluding hydrogens is 457 g/mol. The first-order chi connectivity index (χ1) is 6.71. The number of hydrogen-bond donors (Lipinski definition) is 0. The number of rotatable bonds is 6. The molecule has 9 heteroatoms. The topological polar surface area (TPSA) is 9.23 Å². The Morgan fingerprint density at radius 1 is 0.733 bits per heavy atom. The van der Waals surface area contributed by atoms with Crippen LogP contribution in [0.1, 0.15) is 0 Å². The van der Waals surface area contributed by atoms with E-state index in [9.17, 15) is 26.3 Å². The summed E-state index contributed by atoms with van der Waals surface area (Å²) in [7, 11) is 0. The van der Waals surface area contributed by atoms with Gasteiger partial charge in [0, 0.05) is 0 Å². The summed E-state index contributed by atoms with van der Waals surface area (Å²) < 4.78 is 66.3. The van der Waals surface area contributed by atoms with E-state index in [1.165, 1.54) is 0 Å². The second-order valence-electron chi connectivity index (χ2n) is 2.20. The molecule has 0 radical (unpaired) electrons. The summed E-state index contributed by atoms with van der Waals surface area (Å²) >= 11 is -4.14. The van der Waals surface area contributed by atoms with Crippen molar-refractivity contribution in [3.05, 3.63) is 0 Å². The van der Waals surface area contributed by atoms with E-state index in [4.69, 9.17) is 0 Å². The summed E-state index contributed by atoms with van der Waals surface area (Å²) in [5.41, 5.74) is 0. The van der Waals surface area contributed by atoms with Crippen LogP contribution in [0, 0.1) is 0 Å². The summed E-state index contributed by atoms with van der Waals surface area (Å²) in [5.74, 6) is 0. The minimum atomic E-state index is -4.09. The minimum absolute atomic E-state index is 0.0683. The maximum absolute atomic E-state index is 11.6. The van der Waals surface area contributed by atoms with Crippen LogP contribution in [0.4, 0.5) is 26.3 Å². The van der Waals surface area contributed by atoms with Crippen LogP contribution in [0.3, 0.4) is 0 Å². The normalized spacial score (nSPS) is 13.2. The molecule has 0 atom stereocenters. The molecule has 15 heavy (non-hydrogen) atoms. The zero-order valence-electron chi connectivity index (χ0n) is 7.32. The maximum atomic E-state index is 11.6. The van der Waals surface area contributed by atoms with E-state index in [0.29, 0.717) is 0 Å². The summed E-state index contributed by atoms with van der Waals surface area (Å²) in [4.78, 5) is 0. The SMILES string of the molecule is FC(F)(F)[Te]CCOCC[Te]C(F)(F)F. The Labute approximate surface area is 103 Å². The second kappa shape index (κ2) is 7.45. The number of alkyl halides is 6. The summed E-state index contributed by atoms with van der Waals surface area (Å²) in [6.45, 7) is -0.154. The molecule has 0 heterocycles. The molecule has 0 amide bonds. The molecule has 0 aliphatic heterocycles. The molecule has 0 aromatic carbocycles. The van der Waals surface area contributed by atoms with Crippen LogP contribution in [0.2, 0.25) is 8.94 Å². The van der Waals surface area contributed by atoms with E-state index in [2.05, 4.69) is 4.74 Å². The number of ether oxygens (including phenoxy) is 1. The van der Waals surface area contributed by atoms with Gasteiger partial charge in [0.25, 0.3) is 0 Å². The van der Waals surface area contributed by atoms with Crippen LogP contribution in [0.5, 0.6) is 0 Å². The van der Waals surface area contributed by atoms with Gasteiger partial charge in [-0.3, -0.25) is 0 Å². The molecule has 0 saturated carbocycles. The van der Waals surface area contributed by atoms with Crippen molar-refractivity contribution in [2.24, 2.45) is 0 Å². The van der Waals surface area contributed by atoms with Crippen LogP contribution in [0.15, 0.2) is 0 Å². The zero-order valence-corrected chi connectivity index (χ0v) is 12.0. The first-order valence-electron chi connectivity index (χ1n) is 3.70. The van der Waals surface area contributed by atoms with Gasteiger partial charge in [-0.05, 0) is 0 Å². The number of halogens is 6. The molecule has 0 aliphatic carbocycles. The van der Waals surface area contributed by atoms with Crippen LogP contribution in [0.25, 0.3) is 0 Å². The summed E-state index contributed by atoms with van der Waals surface area (Å²) in [6, 6.07) is 0. The van der Waals surface area contributed by atoms with Gasteiger partial charge in [0.15, 0.2) is 0 Å². The van der Waals surface area contributed by atoms with Gasteiger partial charge in [0.2, 0.25) is 0 Å². The van der Waals surface area contributed by atoms with Gasteiger partial charge in [0.05, 0.1) is 0 Å². The Balaban J connectivity index is 3.20. The van der Waals surface area contributed by atoms with Crippen LogP contribution in [-0.2, 0) is 4.74 Å². The molecule has 0 rings (SSSR count). The molecule has 0 aliphatic rings. The van der Waals surface area contributed by atoms with Gasteiger partial charge in [-0.2, -0.15) is 0 Å². The van der Waals surface area contributed by atoms with Crippen molar-refractivity contribution in [1.29, 1.82) is 0 Å². The Kier molecular flexibility index (Phi) is 8.00. The third-order valence-electron chi connectivity index (χ3n) is 0.987. The molecule has 0 unspecified atom stereocenters. The molecule has 0 bridgehead atoms. The number of hydrogen-bond acceptors (Lipinski definition) is 1.